The summed E-state index contributed by atoms with van der Waals surface area (Å²) in [5.41, 5.74) is 5.94. The topological polar surface area (TPSA) is 68.2 Å². The molecule has 1 aliphatic heterocycles. The first-order valence-corrected chi connectivity index (χ1v) is 6.11. The molecular weight excluding hydrogens is 204 g/mol. The molecule has 5 nitrogen and oxygen atoms in total. The molecule has 1 saturated heterocycles. The van der Waals surface area contributed by atoms with Crippen LogP contribution in [0.1, 0.15) is 43.3 Å². The molecule has 2 aliphatic rings. The minimum atomic E-state index is 0.309. The van der Waals surface area contributed by atoms with E-state index in [4.69, 9.17) is 10.3 Å². The van der Waals surface area contributed by atoms with Crippen LogP contribution in [0.5, 0.6) is 0 Å². The standard InChI is InChI=1S/C11H18N4O/c12-9-2-1-5-15(6-9)7-10-13-11(16-14-10)8-3-4-8/h8-9H,1-7,12H2. The summed E-state index contributed by atoms with van der Waals surface area (Å²) >= 11 is 0. The Morgan fingerprint density at radius 3 is 3.00 bits per heavy atom. The maximum atomic E-state index is 5.94. The van der Waals surface area contributed by atoms with Crippen molar-refractivity contribution in [1.82, 2.24) is 15.0 Å². The van der Waals surface area contributed by atoms with Gasteiger partial charge in [0.05, 0.1) is 6.54 Å². The summed E-state index contributed by atoms with van der Waals surface area (Å²) in [5.74, 6) is 2.19. The molecule has 88 valence electrons. The van der Waals surface area contributed by atoms with E-state index in [9.17, 15) is 0 Å². The normalized spacial score (nSPS) is 27.2. The van der Waals surface area contributed by atoms with E-state index in [0.29, 0.717) is 12.0 Å². The zero-order chi connectivity index (χ0) is 11.0. The van der Waals surface area contributed by atoms with Crippen molar-refractivity contribution in [2.24, 2.45) is 5.73 Å². The molecule has 5 heteroatoms. The minimum Gasteiger partial charge on any atom is -0.339 e. The number of rotatable bonds is 3. The zero-order valence-electron chi connectivity index (χ0n) is 9.43. The number of hydrogen-bond donors (Lipinski definition) is 1. The maximum absolute atomic E-state index is 5.94. The number of nitrogens with zero attached hydrogens (tertiary/aromatic N) is 3. The summed E-state index contributed by atoms with van der Waals surface area (Å²) in [6.45, 7) is 2.83. The Hall–Kier alpha value is -0.940. The Bertz CT molecular complexity index is 361. The molecule has 0 aromatic carbocycles. The lowest BCUT2D eigenvalue weighted by Crippen LogP contribution is -2.42. The molecule has 1 atom stereocenters. The van der Waals surface area contributed by atoms with E-state index in [1.165, 1.54) is 19.3 Å². The van der Waals surface area contributed by atoms with Crippen LogP contribution < -0.4 is 5.73 Å². The van der Waals surface area contributed by atoms with Crippen LogP contribution in [0.25, 0.3) is 0 Å². The average Bonchev–Trinajstić information content (AvgIpc) is 3.01. The third-order valence-electron chi connectivity index (χ3n) is 3.32. The highest BCUT2D eigenvalue weighted by Crippen LogP contribution is 2.38. The second kappa shape index (κ2) is 4.14. The first-order chi connectivity index (χ1) is 7.81. The molecule has 2 N–H and O–H groups in total. The first kappa shape index (κ1) is 10.2. The fourth-order valence-corrected chi connectivity index (χ4v) is 2.26. The molecule has 1 aliphatic carbocycles. The molecule has 0 bridgehead atoms. The second-order valence-electron chi connectivity index (χ2n) is 4.96. The van der Waals surface area contributed by atoms with Gasteiger partial charge in [0.1, 0.15) is 0 Å². The molecule has 16 heavy (non-hydrogen) atoms. The molecule has 1 unspecified atom stereocenters. The van der Waals surface area contributed by atoms with Crippen molar-refractivity contribution in [3.8, 4) is 0 Å². The van der Waals surface area contributed by atoms with Gasteiger partial charge in [-0.05, 0) is 32.2 Å². The van der Waals surface area contributed by atoms with E-state index in [-0.39, 0.29) is 0 Å². The van der Waals surface area contributed by atoms with Crippen molar-refractivity contribution >= 4 is 0 Å². The van der Waals surface area contributed by atoms with E-state index in [1.807, 2.05) is 0 Å². The highest BCUT2D eigenvalue weighted by Gasteiger charge is 2.30. The van der Waals surface area contributed by atoms with E-state index >= 15 is 0 Å². The fraction of sp³-hybridized carbons (Fsp3) is 0.818. The molecule has 2 fully saturated rings. The van der Waals surface area contributed by atoms with Gasteiger partial charge in [-0.15, -0.1) is 0 Å². The summed E-state index contributed by atoms with van der Waals surface area (Å²) in [4.78, 5) is 6.75. The van der Waals surface area contributed by atoms with Gasteiger partial charge in [-0.1, -0.05) is 5.16 Å². The van der Waals surface area contributed by atoms with Crippen LogP contribution >= 0.6 is 0 Å². The Morgan fingerprint density at radius 2 is 2.25 bits per heavy atom. The largest absolute Gasteiger partial charge is 0.339 e. The van der Waals surface area contributed by atoms with Gasteiger partial charge in [0, 0.05) is 18.5 Å². The molecule has 2 heterocycles. The lowest BCUT2D eigenvalue weighted by molar-refractivity contribution is 0.195. The highest BCUT2D eigenvalue weighted by molar-refractivity contribution is 5.01. The molecule has 1 aromatic rings. The van der Waals surface area contributed by atoms with Gasteiger partial charge in [-0.2, -0.15) is 4.98 Å². The molecule has 1 saturated carbocycles. The van der Waals surface area contributed by atoms with Gasteiger partial charge in [0.15, 0.2) is 5.82 Å². The fourth-order valence-electron chi connectivity index (χ4n) is 2.26. The summed E-state index contributed by atoms with van der Waals surface area (Å²) in [7, 11) is 0. The van der Waals surface area contributed by atoms with Crippen molar-refractivity contribution in [2.75, 3.05) is 13.1 Å². The Kier molecular flexibility index (Phi) is 2.65. The van der Waals surface area contributed by atoms with E-state index < -0.39 is 0 Å². The van der Waals surface area contributed by atoms with Gasteiger partial charge in [-0.25, -0.2) is 0 Å². The van der Waals surface area contributed by atoms with Crippen molar-refractivity contribution in [3.05, 3.63) is 11.7 Å². The molecule has 0 amide bonds. The maximum Gasteiger partial charge on any atom is 0.229 e. The van der Waals surface area contributed by atoms with Crippen LogP contribution in [-0.2, 0) is 6.54 Å². The molecular formula is C11H18N4O. The van der Waals surface area contributed by atoms with Gasteiger partial charge in [-0.3, -0.25) is 4.90 Å². The van der Waals surface area contributed by atoms with Crippen LogP contribution in [0.3, 0.4) is 0 Å². The van der Waals surface area contributed by atoms with Gasteiger partial charge in [0.25, 0.3) is 0 Å². The minimum absolute atomic E-state index is 0.309. The summed E-state index contributed by atoms with van der Waals surface area (Å²) in [6.07, 6.45) is 4.72. The second-order valence-corrected chi connectivity index (χ2v) is 4.96. The van der Waals surface area contributed by atoms with Crippen molar-refractivity contribution in [1.29, 1.82) is 0 Å². The third kappa shape index (κ3) is 2.25. The predicted molar refractivity (Wildman–Crippen MR) is 58.8 cm³/mol. The van der Waals surface area contributed by atoms with Crippen molar-refractivity contribution in [2.45, 2.75) is 44.2 Å². The molecule has 0 radical (unpaired) electrons. The lowest BCUT2D eigenvalue weighted by Gasteiger charge is -2.29. The van der Waals surface area contributed by atoms with Crippen molar-refractivity contribution < 1.29 is 4.52 Å². The quantitative estimate of drug-likeness (QED) is 0.822. The van der Waals surface area contributed by atoms with E-state index in [2.05, 4.69) is 15.0 Å². The van der Waals surface area contributed by atoms with Crippen LogP contribution in [0.2, 0.25) is 0 Å². The van der Waals surface area contributed by atoms with Crippen molar-refractivity contribution in [3.63, 3.8) is 0 Å². The lowest BCUT2D eigenvalue weighted by atomic mass is 10.1. The Labute approximate surface area is 95.0 Å². The van der Waals surface area contributed by atoms with Gasteiger partial charge < -0.3 is 10.3 Å². The smallest absolute Gasteiger partial charge is 0.229 e. The Balaban J connectivity index is 1.59. The van der Waals surface area contributed by atoms with Crippen LogP contribution in [0.15, 0.2) is 4.52 Å². The number of aromatic nitrogens is 2. The monoisotopic (exact) mass is 222 g/mol. The predicted octanol–water partition coefficient (Wildman–Crippen LogP) is 0.870. The van der Waals surface area contributed by atoms with Gasteiger partial charge >= 0.3 is 0 Å². The SMILES string of the molecule is NC1CCCN(Cc2noc(C3CC3)n2)C1. The van der Waals surface area contributed by atoms with Gasteiger partial charge in [0.2, 0.25) is 5.89 Å². The summed E-state index contributed by atoms with van der Waals surface area (Å²) in [6, 6.07) is 0.309. The first-order valence-electron chi connectivity index (χ1n) is 6.11. The summed E-state index contributed by atoms with van der Waals surface area (Å²) < 4.78 is 5.24. The van der Waals surface area contributed by atoms with E-state index in [1.54, 1.807) is 0 Å². The molecule has 3 rings (SSSR count). The number of piperidine rings is 1. The van der Waals surface area contributed by atoms with E-state index in [0.717, 1.165) is 37.8 Å². The Morgan fingerprint density at radius 1 is 1.38 bits per heavy atom. The third-order valence-corrected chi connectivity index (χ3v) is 3.32. The summed E-state index contributed by atoms with van der Waals surface area (Å²) in [5, 5.41) is 4.03. The number of likely N-dealkylation sites (tertiary alicyclic amines) is 1. The van der Waals surface area contributed by atoms with Crippen LogP contribution in [0, 0.1) is 0 Å². The average molecular weight is 222 g/mol. The highest BCUT2D eigenvalue weighted by atomic mass is 16.5. The zero-order valence-corrected chi connectivity index (χ0v) is 9.43. The number of nitrogens with two attached hydrogens (primary N) is 1. The van der Waals surface area contributed by atoms with Crippen LogP contribution in [-0.4, -0.2) is 34.2 Å². The molecule has 0 spiro atoms. The number of hydrogen-bond acceptors (Lipinski definition) is 5. The van der Waals surface area contributed by atoms with Crippen LogP contribution in [0.4, 0.5) is 0 Å². The molecule has 1 aromatic heterocycles.